The Bertz CT molecular complexity index is 1590. The van der Waals surface area contributed by atoms with Gasteiger partial charge >= 0.3 is 5.97 Å². The van der Waals surface area contributed by atoms with Crippen molar-refractivity contribution < 1.29 is 33.7 Å². The summed E-state index contributed by atoms with van der Waals surface area (Å²) in [7, 11) is 1.58. The summed E-state index contributed by atoms with van der Waals surface area (Å²) in [5, 5.41) is 15.1. The molecule has 226 valence electrons. The zero-order chi connectivity index (χ0) is 30.9. The van der Waals surface area contributed by atoms with Crippen LogP contribution in [0.5, 0.6) is 23.0 Å². The first-order valence-corrected chi connectivity index (χ1v) is 14.5. The molecule has 3 N–H and O–H groups in total. The molecule has 4 aromatic carbocycles. The zero-order valence-corrected chi connectivity index (χ0v) is 24.3. The van der Waals surface area contributed by atoms with Gasteiger partial charge in [-0.2, -0.15) is 0 Å². The predicted molar refractivity (Wildman–Crippen MR) is 166 cm³/mol. The summed E-state index contributed by atoms with van der Waals surface area (Å²) in [4.78, 5) is 36.5. The van der Waals surface area contributed by atoms with Gasteiger partial charge in [0.1, 0.15) is 23.0 Å². The number of methoxy groups -OCH3 is 1. The molecule has 0 aliphatic heterocycles. The van der Waals surface area contributed by atoms with Crippen LogP contribution in [0.1, 0.15) is 52.0 Å². The highest BCUT2D eigenvalue weighted by atomic mass is 16.5. The Labute approximate surface area is 255 Å². The summed E-state index contributed by atoms with van der Waals surface area (Å²) in [6.07, 6.45) is 3.55. The van der Waals surface area contributed by atoms with Crippen molar-refractivity contribution in [1.29, 1.82) is 0 Å². The van der Waals surface area contributed by atoms with Gasteiger partial charge in [0, 0.05) is 11.6 Å². The van der Waals surface area contributed by atoms with E-state index < -0.39 is 5.97 Å². The summed E-state index contributed by atoms with van der Waals surface area (Å²) < 4.78 is 17.4. The van der Waals surface area contributed by atoms with Crippen LogP contribution in [0.4, 0.5) is 5.69 Å². The Hall–Kier alpha value is -5.31. The number of carboxylic acids is 1. The van der Waals surface area contributed by atoms with Crippen molar-refractivity contribution >= 4 is 23.5 Å². The van der Waals surface area contributed by atoms with Crippen LogP contribution >= 0.6 is 0 Å². The Balaban J connectivity index is 1.06. The second-order valence-electron chi connectivity index (χ2n) is 10.6. The third-order valence-corrected chi connectivity index (χ3v) is 7.42. The molecule has 0 radical (unpaired) electrons. The Morgan fingerprint density at radius 1 is 0.773 bits per heavy atom. The van der Waals surface area contributed by atoms with Crippen molar-refractivity contribution in [2.24, 2.45) is 0 Å². The van der Waals surface area contributed by atoms with Gasteiger partial charge in [0.2, 0.25) is 5.91 Å². The minimum absolute atomic E-state index is 0.0415. The minimum atomic E-state index is -1.10. The molecule has 9 nitrogen and oxygen atoms in total. The van der Waals surface area contributed by atoms with Gasteiger partial charge in [-0.05, 0) is 98.0 Å². The van der Waals surface area contributed by atoms with E-state index in [4.69, 9.17) is 14.2 Å². The molecule has 0 unspecified atom stereocenters. The molecule has 0 aromatic heterocycles. The number of hydrogen-bond donors (Lipinski definition) is 3. The zero-order valence-electron chi connectivity index (χ0n) is 24.3. The van der Waals surface area contributed by atoms with E-state index in [0.29, 0.717) is 22.8 Å². The van der Waals surface area contributed by atoms with Crippen molar-refractivity contribution in [2.75, 3.05) is 12.4 Å². The lowest BCUT2D eigenvalue weighted by Gasteiger charge is -2.29. The van der Waals surface area contributed by atoms with Gasteiger partial charge in [0.05, 0.1) is 30.9 Å². The number of carboxylic acid groups (broad SMARTS) is 1. The first-order valence-electron chi connectivity index (χ1n) is 14.5. The lowest BCUT2D eigenvalue weighted by Crippen LogP contribution is -2.39. The molecule has 1 aliphatic rings. The smallest absolute Gasteiger partial charge is 0.337 e. The minimum Gasteiger partial charge on any atom is -0.497 e. The standard InChI is InChI=1S/C35H34N2O7/c1-42-30-6-4-5-24(22-30)34(39)36-25-11-15-27(16-12-25)44-29-19-17-28(18-20-29)43-26-13-9-23(10-14-26)21-33(38)37-32-8-3-2-7-31(32)35(40)41/h2-10,13-14,17-20,22,25,27H,11-12,15-16,21H2,1H3,(H,36,39)(H,37,38)(H,40,41). The van der Waals surface area contributed by atoms with E-state index in [1.54, 1.807) is 61.7 Å². The SMILES string of the molecule is COc1cccc(C(=O)NC2CCC(Oc3ccc(Oc4ccc(CC(=O)Nc5ccccc5C(=O)O)cc4)cc3)CC2)c1. The molecule has 1 fully saturated rings. The highest BCUT2D eigenvalue weighted by molar-refractivity contribution is 6.01. The molecular weight excluding hydrogens is 560 g/mol. The van der Waals surface area contributed by atoms with Gasteiger partial charge < -0.3 is 30.0 Å². The topological polar surface area (TPSA) is 123 Å². The number of carbonyl (C=O) groups is 3. The molecule has 44 heavy (non-hydrogen) atoms. The number of anilines is 1. The average molecular weight is 595 g/mol. The Morgan fingerprint density at radius 2 is 1.43 bits per heavy atom. The highest BCUT2D eigenvalue weighted by Gasteiger charge is 2.24. The third kappa shape index (κ3) is 8.16. The number of amides is 2. The van der Waals surface area contributed by atoms with Crippen LogP contribution in [0.15, 0.2) is 97.1 Å². The maximum Gasteiger partial charge on any atom is 0.337 e. The lowest BCUT2D eigenvalue weighted by atomic mass is 9.92. The van der Waals surface area contributed by atoms with Gasteiger partial charge in [-0.15, -0.1) is 0 Å². The molecule has 0 bridgehead atoms. The first-order chi connectivity index (χ1) is 21.4. The van der Waals surface area contributed by atoms with Crippen molar-refractivity contribution in [1.82, 2.24) is 5.32 Å². The normalized spacial score (nSPS) is 15.9. The second-order valence-corrected chi connectivity index (χ2v) is 10.6. The van der Waals surface area contributed by atoms with Gasteiger partial charge in [0.25, 0.3) is 5.91 Å². The maximum absolute atomic E-state index is 12.6. The van der Waals surface area contributed by atoms with Crippen LogP contribution in [0.3, 0.4) is 0 Å². The second kappa shape index (κ2) is 14.2. The van der Waals surface area contributed by atoms with Crippen LogP contribution in [-0.2, 0) is 11.2 Å². The maximum atomic E-state index is 12.6. The predicted octanol–water partition coefficient (Wildman–Crippen LogP) is 6.49. The van der Waals surface area contributed by atoms with E-state index in [1.165, 1.54) is 6.07 Å². The molecule has 2 amide bonds. The van der Waals surface area contributed by atoms with Gasteiger partial charge in [-0.1, -0.05) is 30.3 Å². The fraction of sp³-hybridized carbons (Fsp3) is 0.229. The molecule has 9 heteroatoms. The van der Waals surface area contributed by atoms with Crippen LogP contribution in [0, 0.1) is 0 Å². The molecule has 4 aromatic rings. The van der Waals surface area contributed by atoms with Crippen molar-refractivity contribution in [3.05, 3.63) is 114 Å². The van der Waals surface area contributed by atoms with E-state index in [2.05, 4.69) is 10.6 Å². The van der Waals surface area contributed by atoms with Crippen LogP contribution in [-0.4, -0.2) is 42.1 Å². The van der Waals surface area contributed by atoms with E-state index in [0.717, 1.165) is 37.0 Å². The van der Waals surface area contributed by atoms with Crippen molar-refractivity contribution in [3.8, 4) is 23.0 Å². The quantitative estimate of drug-likeness (QED) is 0.181. The molecule has 0 atom stereocenters. The van der Waals surface area contributed by atoms with E-state index in [-0.39, 0.29) is 41.6 Å². The number of benzene rings is 4. The third-order valence-electron chi connectivity index (χ3n) is 7.42. The largest absolute Gasteiger partial charge is 0.497 e. The van der Waals surface area contributed by atoms with E-state index in [1.807, 2.05) is 36.4 Å². The average Bonchev–Trinajstić information content (AvgIpc) is 3.04. The number of hydrogen-bond acceptors (Lipinski definition) is 6. The van der Waals surface area contributed by atoms with Gasteiger partial charge in [-0.3, -0.25) is 9.59 Å². The summed E-state index contributed by atoms with van der Waals surface area (Å²) in [5.41, 5.74) is 1.66. The van der Waals surface area contributed by atoms with Crippen molar-refractivity contribution in [3.63, 3.8) is 0 Å². The Kier molecular flexibility index (Phi) is 9.76. The monoisotopic (exact) mass is 594 g/mol. The molecule has 0 spiro atoms. The van der Waals surface area contributed by atoms with Crippen LogP contribution in [0.25, 0.3) is 0 Å². The lowest BCUT2D eigenvalue weighted by molar-refractivity contribution is -0.115. The summed E-state index contributed by atoms with van der Waals surface area (Å²) in [6, 6.07) is 28.1. The molecule has 1 saturated carbocycles. The number of nitrogens with one attached hydrogen (secondary N) is 2. The highest BCUT2D eigenvalue weighted by Crippen LogP contribution is 2.28. The molecule has 0 saturated heterocycles. The number of para-hydroxylation sites is 1. The Morgan fingerprint density at radius 3 is 2.11 bits per heavy atom. The molecule has 5 rings (SSSR count). The number of ether oxygens (including phenoxy) is 3. The first kappa shape index (κ1) is 30.2. The fourth-order valence-corrected chi connectivity index (χ4v) is 5.11. The molecular formula is C35H34N2O7. The van der Waals surface area contributed by atoms with Gasteiger partial charge in [0.15, 0.2) is 0 Å². The van der Waals surface area contributed by atoms with Crippen LogP contribution in [0.2, 0.25) is 0 Å². The van der Waals surface area contributed by atoms with E-state index >= 15 is 0 Å². The molecule has 0 heterocycles. The number of carbonyl (C=O) groups excluding carboxylic acids is 2. The van der Waals surface area contributed by atoms with Gasteiger partial charge in [-0.25, -0.2) is 4.79 Å². The van der Waals surface area contributed by atoms with Crippen LogP contribution < -0.4 is 24.8 Å². The number of rotatable bonds is 11. The summed E-state index contributed by atoms with van der Waals surface area (Å²) in [5.74, 6) is 1.18. The molecule has 1 aliphatic carbocycles. The fourth-order valence-electron chi connectivity index (χ4n) is 5.11. The van der Waals surface area contributed by atoms with Crippen molar-refractivity contribution in [2.45, 2.75) is 44.2 Å². The summed E-state index contributed by atoms with van der Waals surface area (Å²) >= 11 is 0. The van der Waals surface area contributed by atoms with E-state index in [9.17, 15) is 19.5 Å². The number of aromatic carboxylic acids is 1. The summed E-state index contributed by atoms with van der Waals surface area (Å²) in [6.45, 7) is 0.